The van der Waals surface area contributed by atoms with E-state index in [0.29, 0.717) is 32.2 Å². The Morgan fingerprint density at radius 1 is 1.11 bits per heavy atom. The van der Waals surface area contributed by atoms with Crippen molar-refractivity contribution in [1.82, 2.24) is 24.7 Å². The molecular weight excluding hydrogens is 552 g/mol. The van der Waals surface area contributed by atoms with E-state index >= 15 is 0 Å². The summed E-state index contributed by atoms with van der Waals surface area (Å²) >= 11 is 0. The minimum atomic E-state index is -0.234. The Kier molecular flexibility index (Phi) is 8.43. The summed E-state index contributed by atoms with van der Waals surface area (Å²) in [4.78, 5) is 37.3. The van der Waals surface area contributed by atoms with Crippen molar-refractivity contribution in [1.29, 1.82) is 0 Å². The van der Waals surface area contributed by atoms with E-state index in [-0.39, 0.29) is 30.6 Å². The van der Waals surface area contributed by atoms with Gasteiger partial charge in [-0.1, -0.05) is 36.9 Å². The number of carbonyl (C=O) groups is 1. The molecule has 1 aromatic heterocycles. The van der Waals surface area contributed by atoms with Crippen LogP contribution in [0.3, 0.4) is 0 Å². The molecule has 0 spiro atoms. The van der Waals surface area contributed by atoms with Gasteiger partial charge in [0.25, 0.3) is 0 Å². The molecule has 0 saturated carbocycles. The minimum Gasteiger partial charge on any atom is -0.457 e. The van der Waals surface area contributed by atoms with Gasteiger partial charge in [0.1, 0.15) is 18.0 Å². The number of amides is 1. The molecule has 10 nitrogen and oxygen atoms in total. The number of anilines is 2. The van der Waals surface area contributed by atoms with Gasteiger partial charge < -0.3 is 34.1 Å². The Bertz CT molecular complexity index is 1590. The highest BCUT2D eigenvalue weighted by atomic mass is 16.5. The van der Waals surface area contributed by atoms with Gasteiger partial charge in [-0.15, -0.1) is 0 Å². The molecule has 0 aliphatic carbocycles. The van der Waals surface area contributed by atoms with Crippen molar-refractivity contribution in [3.8, 4) is 6.01 Å². The number of benzene rings is 2. The fourth-order valence-corrected chi connectivity index (χ4v) is 7.08. The number of piperazine rings is 1. The zero-order valence-corrected chi connectivity index (χ0v) is 26.2. The van der Waals surface area contributed by atoms with Gasteiger partial charge in [-0.05, 0) is 57.6 Å². The average molecular weight is 595 g/mol. The summed E-state index contributed by atoms with van der Waals surface area (Å²) in [6.45, 7) is 18.5. The van der Waals surface area contributed by atoms with Crippen LogP contribution in [-0.4, -0.2) is 116 Å². The summed E-state index contributed by atoms with van der Waals surface area (Å²) in [5.41, 5.74) is 4.58. The molecule has 6 rings (SSSR count). The number of carbonyl (C=O) groups excluding carboxylic acids is 1. The molecule has 0 bridgehead atoms. The number of hydrogen-bond acceptors (Lipinski definition) is 8. The Labute approximate surface area is 260 Å². The number of fused-ring (bicyclic) bond motifs is 2. The Hall–Kier alpha value is -4.20. The molecule has 2 aromatic carbocycles. The van der Waals surface area contributed by atoms with Gasteiger partial charge in [-0.25, -0.2) is 6.57 Å². The van der Waals surface area contributed by atoms with Crippen LogP contribution in [0.5, 0.6) is 6.01 Å². The maximum atomic E-state index is 12.6. The monoisotopic (exact) mass is 594 g/mol. The van der Waals surface area contributed by atoms with E-state index in [1.54, 1.807) is 4.90 Å². The molecule has 0 radical (unpaired) electrons. The van der Waals surface area contributed by atoms with Crippen LogP contribution >= 0.6 is 0 Å². The van der Waals surface area contributed by atoms with E-state index in [0.717, 1.165) is 43.1 Å². The number of likely N-dealkylation sites (tertiary alicyclic amines) is 1. The number of likely N-dealkylation sites (N-methyl/N-ethyl adjacent to an activating group) is 2. The van der Waals surface area contributed by atoms with Gasteiger partial charge in [0.15, 0.2) is 0 Å². The van der Waals surface area contributed by atoms with Crippen molar-refractivity contribution in [2.75, 3.05) is 76.8 Å². The SMILES string of the molecule is [C-]#[N+]C[C@H]1CN(c2nc(O[C@H]3CN(C)C[C@H]3N(C)C)nc3c2CCN(c2cccc4cccc(C)c24)C3)CCN1C(=O)C=C. The topological polar surface area (TPSA) is 72.6 Å². The molecule has 3 aromatic rings. The van der Waals surface area contributed by atoms with E-state index in [1.807, 2.05) is 0 Å². The molecular formula is C34H42N8O2. The van der Waals surface area contributed by atoms with Gasteiger partial charge >= 0.3 is 6.01 Å². The van der Waals surface area contributed by atoms with Crippen molar-refractivity contribution >= 4 is 28.2 Å². The highest BCUT2D eigenvalue weighted by Crippen LogP contribution is 2.36. The molecule has 2 saturated heterocycles. The molecule has 0 N–H and O–H groups in total. The number of hydrogen-bond donors (Lipinski definition) is 0. The van der Waals surface area contributed by atoms with Crippen molar-refractivity contribution in [3.63, 3.8) is 0 Å². The van der Waals surface area contributed by atoms with Crippen LogP contribution in [0.2, 0.25) is 0 Å². The van der Waals surface area contributed by atoms with E-state index in [1.165, 1.54) is 28.1 Å². The summed E-state index contributed by atoms with van der Waals surface area (Å²) in [5, 5.41) is 2.51. The Morgan fingerprint density at radius 2 is 1.91 bits per heavy atom. The highest BCUT2D eigenvalue weighted by molar-refractivity contribution is 5.97. The van der Waals surface area contributed by atoms with Gasteiger partial charge in [0.2, 0.25) is 12.5 Å². The molecule has 1 amide bonds. The summed E-state index contributed by atoms with van der Waals surface area (Å²) in [5.74, 6) is 0.736. The second-order valence-corrected chi connectivity index (χ2v) is 12.5. The largest absolute Gasteiger partial charge is 0.457 e. The molecule has 3 aliphatic rings. The van der Waals surface area contributed by atoms with Crippen molar-refractivity contribution < 1.29 is 9.53 Å². The van der Waals surface area contributed by atoms with Crippen LogP contribution in [0.4, 0.5) is 11.5 Å². The Morgan fingerprint density at radius 3 is 2.66 bits per heavy atom. The maximum Gasteiger partial charge on any atom is 0.319 e. The maximum absolute atomic E-state index is 12.6. The smallest absolute Gasteiger partial charge is 0.319 e. The quantitative estimate of drug-likeness (QED) is 0.305. The van der Waals surface area contributed by atoms with E-state index in [9.17, 15) is 4.79 Å². The summed E-state index contributed by atoms with van der Waals surface area (Å²) in [6.07, 6.45) is 2.08. The molecule has 4 heterocycles. The van der Waals surface area contributed by atoms with Crippen molar-refractivity contribution in [3.05, 3.63) is 77.3 Å². The fraction of sp³-hybridized carbons (Fsp3) is 0.471. The van der Waals surface area contributed by atoms with Gasteiger partial charge in [0.05, 0.1) is 18.3 Å². The number of ether oxygens (including phenoxy) is 1. The summed E-state index contributed by atoms with van der Waals surface area (Å²) in [7, 11) is 6.29. The lowest BCUT2D eigenvalue weighted by atomic mass is 9.99. The third-order valence-electron chi connectivity index (χ3n) is 9.34. The lowest BCUT2D eigenvalue weighted by Gasteiger charge is -2.41. The van der Waals surface area contributed by atoms with Gasteiger partial charge in [0, 0.05) is 55.9 Å². The van der Waals surface area contributed by atoms with Crippen LogP contribution in [-0.2, 0) is 17.8 Å². The first kappa shape index (κ1) is 29.9. The molecule has 0 unspecified atom stereocenters. The van der Waals surface area contributed by atoms with Crippen LogP contribution in [0.15, 0.2) is 49.1 Å². The number of aryl methyl sites for hydroxylation is 1. The molecule has 44 heavy (non-hydrogen) atoms. The molecule has 3 aliphatic heterocycles. The second kappa shape index (κ2) is 12.4. The third-order valence-corrected chi connectivity index (χ3v) is 9.34. The van der Waals surface area contributed by atoms with Gasteiger partial charge in [-0.2, -0.15) is 9.97 Å². The van der Waals surface area contributed by atoms with Crippen LogP contribution in [0, 0.1) is 13.5 Å². The number of rotatable bonds is 7. The predicted molar refractivity (Wildman–Crippen MR) is 174 cm³/mol. The lowest BCUT2D eigenvalue weighted by molar-refractivity contribution is -0.128. The Balaban J connectivity index is 1.38. The first-order valence-corrected chi connectivity index (χ1v) is 15.4. The summed E-state index contributed by atoms with van der Waals surface area (Å²) < 4.78 is 6.62. The normalized spacial score (nSPS) is 22.3. The number of aromatic nitrogens is 2. The van der Waals surface area contributed by atoms with Crippen LogP contribution in [0.1, 0.15) is 16.8 Å². The average Bonchev–Trinajstić information content (AvgIpc) is 3.40. The molecule has 2 fully saturated rings. The third kappa shape index (κ3) is 5.70. The van der Waals surface area contributed by atoms with Crippen LogP contribution < -0.4 is 14.5 Å². The fourth-order valence-electron chi connectivity index (χ4n) is 7.08. The summed E-state index contributed by atoms with van der Waals surface area (Å²) in [6, 6.07) is 13.4. The molecule has 10 heteroatoms. The standard InChI is InChI=1S/C34H42N8O2/c1-7-31(43)42-17-16-41(19-25(42)18-35-3)33-26-14-15-40(28-13-9-12-24-11-8-10-23(2)32(24)28)20-27(26)36-34(37-33)44-30-22-39(6)21-29(30)38(4)5/h7-13,25,29-30H,1,14-22H2,2,4-6H3/t25-,29+,30-/m0/s1. The van der Waals surface area contributed by atoms with Gasteiger partial charge in [-0.3, -0.25) is 4.79 Å². The first-order valence-electron chi connectivity index (χ1n) is 15.4. The molecule has 3 atom stereocenters. The van der Waals surface area contributed by atoms with E-state index in [4.69, 9.17) is 21.3 Å². The van der Waals surface area contributed by atoms with Crippen molar-refractivity contribution in [2.45, 2.75) is 38.1 Å². The van der Waals surface area contributed by atoms with E-state index < -0.39 is 0 Å². The zero-order chi connectivity index (χ0) is 31.0. The van der Waals surface area contributed by atoms with Crippen molar-refractivity contribution in [2.24, 2.45) is 0 Å². The lowest BCUT2D eigenvalue weighted by Crippen LogP contribution is -2.56. The predicted octanol–water partition coefficient (Wildman–Crippen LogP) is 3.25. The first-order chi connectivity index (χ1) is 21.3. The highest BCUT2D eigenvalue weighted by Gasteiger charge is 2.37. The number of nitrogens with zero attached hydrogens (tertiary/aromatic N) is 8. The molecule has 230 valence electrons. The van der Waals surface area contributed by atoms with E-state index in [2.05, 4.69) is 95.5 Å². The minimum absolute atomic E-state index is 0.0572. The second-order valence-electron chi connectivity index (χ2n) is 12.5. The zero-order valence-electron chi connectivity index (χ0n) is 26.2. The van der Waals surface area contributed by atoms with Crippen LogP contribution in [0.25, 0.3) is 15.6 Å².